The highest BCUT2D eigenvalue weighted by Gasteiger charge is 1.96. The lowest BCUT2D eigenvalue weighted by molar-refractivity contribution is 0.107. The van der Waals surface area contributed by atoms with Crippen LogP contribution in [0.15, 0.2) is 53.0 Å². The summed E-state index contributed by atoms with van der Waals surface area (Å²) in [5.41, 5.74) is 2.10. The first-order valence-corrected chi connectivity index (χ1v) is 6.10. The summed E-state index contributed by atoms with van der Waals surface area (Å²) in [5.74, 6) is -0.221. The van der Waals surface area contributed by atoms with Crippen molar-refractivity contribution >= 4 is 15.9 Å². The summed E-state index contributed by atoms with van der Waals surface area (Å²) in [4.78, 5) is 0. The van der Waals surface area contributed by atoms with Crippen molar-refractivity contribution in [2.75, 3.05) is 0 Å². The molecule has 0 aliphatic rings. The Balaban J connectivity index is 1.83. The molecule has 0 bridgehead atoms. The summed E-state index contributed by atoms with van der Waals surface area (Å²) in [6, 6.07) is 14.3. The molecule has 0 aromatic heterocycles. The number of halogens is 2. The largest absolute Gasteiger partial charge is 0.372 e. The van der Waals surface area contributed by atoms with Gasteiger partial charge >= 0.3 is 0 Å². The minimum atomic E-state index is -0.221. The molecule has 3 heteroatoms. The van der Waals surface area contributed by atoms with Gasteiger partial charge in [0.2, 0.25) is 0 Å². The molecule has 0 aliphatic heterocycles. The van der Waals surface area contributed by atoms with E-state index in [-0.39, 0.29) is 5.82 Å². The van der Waals surface area contributed by atoms with Gasteiger partial charge in [-0.05, 0) is 35.4 Å². The molecule has 88 valence electrons. The van der Waals surface area contributed by atoms with Crippen molar-refractivity contribution in [3.8, 4) is 0 Å². The van der Waals surface area contributed by atoms with E-state index in [1.807, 2.05) is 24.3 Å². The zero-order valence-corrected chi connectivity index (χ0v) is 10.8. The summed E-state index contributed by atoms with van der Waals surface area (Å²) >= 11 is 3.38. The van der Waals surface area contributed by atoms with E-state index in [0.717, 1.165) is 15.6 Å². The fraction of sp³-hybridized carbons (Fsp3) is 0.143. The Bertz CT molecular complexity index is 419. The molecular formula is C14H12BrFO. The SMILES string of the molecule is Fc1ccc(COCc2ccc(Br)cc2)cc1. The van der Waals surface area contributed by atoms with Gasteiger partial charge in [0.05, 0.1) is 13.2 Å². The molecule has 17 heavy (non-hydrogen) atoms. The van der Waals surface area contributed by atoms with Crippen LogP contribution in [0.1, 0.15) is 11.1 Å². The van der Waals surface area contributed by atoms with Gasteiger partial charge in [-0.15, -0.1) is 0 Å². The third kappa shape index (κ3) is 3.95. The normalized spacial score (nSPS) is 10.5. The summed E-state index contributed by atoms with van der Waals surface area (Å²) < 4.78 is 19.3. The number of benzene rings is 2. The van der Waals surface area contributed by atoms with Gasteiger partial charge in [0.25, 0.3) is 0 Å². The zero-order valence-electron chi connectivity index (χ0n) is 9.20. The van der Waals surface area contributed by atoms with Gasteiger partial charge in [0.15, 0.2) is 0 Å². The molecule has 2 aromatic rings. The Morgan fingerprint density at radius 3 is 1.82 bits per heavy atom. The van der Waals surface area contributed by atoms with E-state index in [1.54, 1.807) is 12.1 Å². The zero-order chi connectivity index (χ0) is 12.1. The van der Waals surface area contributed by atoms with Gasteiger partial charge in [-0.1, -0.05) is 40.2 Å². The van der Waals surface area contributed by atoms with Crippen LogP contribution >= 0.6 is 15.9 Å². The topological polar surface area (TPSA) is 9.23 Å². The van der Waals surface area contributed by atoms with E-state index in [0.29, 0.717) is 13.2 Å². The van der Waals surface area contributed by atoms with Gasteiger partial charge < -0.3 is 4.74 Å². The van der Waals surface area contributed by atoms with Crippen LogP contribution in [0.2, 0.25) is 0 Å². The van der Waals surface area contributed by atoms with Crippen molar-refractivity contribution in [1.82, 2.24) is 0 Å². The van der Waals surface area contributed by atoms with Crippen molar-refractivity contribution in [2.24, 2.45) is 0 Å². The Morgan fingerprint density at radius 1 is 0.824 bits per heavy atom. The fourth-order valence-electron chi connectivity index (χ4n) is 1.45. The number of hydrogen-bond acceptors (Lipinski definition) is 1. The lowest BCUT2D eigenvalue weighted by Crippen LogP contribution is -1.94. The highest BCUT2D eigenvalue weighted by Crippen LogP contribution is 2.12. The molecule has 0 saturated carbocycles. The molecule has 0 radical (unpaired) electrons. The summed E-state index contributed by atoms with van der Waals surface area (Å²) in [5, 5.41) is 0. The van der Waals surface area contributed by atoms with E-state index in [9.17, 15) is 4.39 Å². The van der Waals surface area contributed by atoms with Crippen LogP contribution in [0.5, 0.6) is 0 Å². The molecule has 0 unspecified atom stereocenters. The quantitative estimate of drug-likeness (QED) is 0.817. The Kier molecular flexibility index (Phi) is 4.29. The monoisotopic (exact) mass is 294 g/mol. The van der Waals surface area contributed by atoms with Gasteiger partial charge in [-0.25, -0.2) is 4.39 Å². The first kappa shape index (κ1) is 12.3. The predicted molar refractivity (Wildman–Crippen MR) is 69.0 cm³/mol. The van der Waals surface area contributed by atoms with E-state index in [4.69, 9.17) is 4.74 Å². The van der Waals surface area contributed by atoms with Crippen molar-refractivity contribution in [3.63, 3.8) is 0 Å². The van der Waals surface area contributed by atoms with E-state index in [2.05, 4.69) is 15.9 Å². The Morgan fingerprint density at radius 2 is 1.29 bits per heavy atom. The van der Waals surface area contributed by atoms with Crippen LogP contribution < -0.4 is 0 Å². The van der Waals surface area contributed by atoms with Gasteiger partial charge in [0.1, 0.15) is 5.82 Å². The predicted octanol–water partition coefficient (Wildman–Crippen LogP) is 4.31. The molecule has 1 nitrogen and oxygen atoms in total. The molecule has 2 rings (SSSR count). The maximum atomic E-state index is 12.7. The van der Waals surface area contributed by atoms with Gasteiger partial charge in [-0.2, -0.15) is 0 Å². The highest BCUT2D eigenvalue weighted by atomic mass is 79.9. The summed E-state index contributed by atoms with van der Waals surface area (Å²) in [6.45, 7) is 1.06. The van der Waals surface area contributed by atoms with Gasteiger partial charge in [0, 0.05) is 4.47 Å². The van der Waals surface area contributed by atoms with E-state index in [1.165, 1.54) is 12.1 Å². The second-order valence-corrected chi connectivity index (χ2v) is 4.66. The van der Waals surface area contributed by atoms with Crippen LogP contribution in [0, 0.1) is 5.82 Å². The van der Waals surface area contributed by atoms with Crippen LogP contribution in [0.3, 0.4) is 0 Å². The average Bonchev–Trinajstić information content (AvgIpc) is 2.34. The molecule has 0 spiro atoms. The Hall–Kier alpha value is -1.19. The first-order chi connectivity index (χ1) is 8.24. The molecule has 0 fully saturated rings. The molecule has 0 saturated heterocycles. The maximum Gasteiger partial charge on any atom is 0.123 e. The van der Waals surface area contributed by atoms with Crippen LogP contribution in [0.25, 0.3) is 0 Å². The minimum Gasteiger partial charge on any atom is -0.372 e. The summed E-state index contributed by atoms with van der Waals surface area (Å²) in [6.07, 6.45) is 0. The van der Waals surface area contributed by atoms with Crippen LogP contribution in [0.4, 0.5) is 4.39 Å². The Labute approximate surface area is 108 Å². The number of rotatable bonds is 4. The van der Waals surface area contributed by atoms with Gasteiger partial charge in [-0.3, -0.25) is 0 Å². The van der Waals surface area contributed by atoms with E-state index < -0.39 is 0 Å². The fourth-order valence-corrected chi connectivity index (χ4v) is 1.71. The molecule has 0 amide bonds. The van der Waals surface area contributed by atoms with E-state index >= 15 is 0 Å². The lowest BCUT2D eigenvalue weighted by atomic mass is 10.2. The third-order valence-corrected chi connectivity index (χ3v) is 2.89. The van der Waals surface area contributed by atoms with Crippen LogP contribution in [-0.4, -0.2) is 0 Å². The molecule has 0 aliphatic carbocycles. The van der Waals surface area contributed by atoms with Crippen molar-refractivity contribution in [1.29, 1.82) is 0 Å². The highest BCUT2D eigenvalue weighted by molar-refractivity contribution is 9.10. The first-order valence-electron chi connectivity index (χ1n) is 5.31. The standard InChI is InChI=1S/C14H12BrFO/c15-13-5-1-11(2-6-13)9-17-10-12-3-7-14(16)8-4-12/h1-8H,9-10H2. The molecule has 0 N–H and O–H groups in total. The second-order valence-electron chi connectivity index (χ2n) is 3.75. The van der Waals surface area contributed by atoms with Crippen molar-refractivity contribution in [2.45, 2.75) is 13.2 Å². The molecule has 2 aromatic carbocycles. The summed E-state index contributed by atoms with van der Waals surface area (Å²) in [7, 11) is 0. The molecule has 0 atom stereocenters. The third-order valence-electron chi connectivity index (χ3n) is 2.36. The maximum absolute atomic E-state index is 12.7. The second kappa shape index (κ2) is 5.94. The smallest absolute Gasteiger partial charge is 0.123 e. The van der Waals surface area contributed by atoms with Crippen molar-refractivity contribution in [3.05, 3.63) is 69.9 Å². The average molecular weight is 295 g/mol. The minimum absolute atomic E-state index is 0.221. The number of ether oxygens (including phenoxy) is 1. The molecular weight excluding hydrogens is 283 g/mol. The number of hydrogen-bond donors (Lipinski definition) is 0. The lowest BCUT2D eigenvalue weighted by Gasteiger charge is -2.04. The molecule has 0 heterocycles. The van der Waals surface area contributed by atoms with Crippen molar-refractivity contribution < 1.29 is 9.13 Å². The van der Waals surface area contributed by atoms with Crippen LogP contribution in [-0.2, 0) is 18.0 Å².